The number of amides is 1. The van der Waals surface area contributed by atoms with Gasteiger partial charge >= 0.3 is 0 Å². The lowest BCUT2D eigenvalue weighted by Gasteiger charge is -1.82. The molecule has 4 heteroatoms. The molecule has 0 rings (SSSR count). The van der Waals surface area contributed by atoms with Gasteiger partial charge in [0.25, 0.3) is 5.91 Å². The van der Waals surface area contributed by atoms with Crippen molar-refractivity contribution < 1.29 is 10.0 Å². The molecule has 0 bridgehead atoms. The summed E-state index contributed by atoms with van der Waals surface area (Å²) >= 11 is 0. The van der Waals surface area contributed by atoms with E-state index in [2.05, 4.69) is 10.9 Å². The van der Waals surface area contributed by atoms with E-state index in [-0.39, 0.29) is 5.71 Å². The first kappa shape index (κ1) is 5.94. The first-order chi connectivity index (χ1) is 3.18. The van der Waals surface area contributed by atoms with E-state index in [1.807, 2.05) is 0 Å². The molecule has 0 spiro atoms. The minimum Gasteiger partial charge on any atom is -0.410 e. The molecule has 1 amide bonds. The van der Waals surface area contributed by atoms with E-state index in [9.17, 15) is 4.79 Å². The number of oxime groups is 1. The van der Waals surface area contributed by atoms with Crippen molar-refractivity contribution >= 4 is 11.6 Å². The van der Waals surface area contributed by atoms with Crippen molar-refractivity contribution in [3.05, 3.63) is 0 Å². The fourth-order valence-electron chi connectivity index (χ4n) is 0.0493. The summed E-state index contributed by atoms with van der Waals surface area (Å²) in [7, 11) is 0. The quantitative estimate of drug-likeness (QED) is 0.261. The van der Waals surface area contributed by atoms with Gasteiger partial charge in [-0.15, -0.1) is 0 Å². The van der Waals surface area contributed by atoms with Crippen molar-refractivity contribution in [2.24, 2.45) is 10.9 Å². The van der Waals surface area contributed by atoms with Crippen molar-refractivity contribution in [3.63, 3.8) is 0 Å². The summed E-state index contributed by atoms with van der Waals surface area (Å²) in [5, 5.41) is 10.3. The summed E-state index contributed by atoms with van der Waals surface area (Å²) in [4.78, 5) is 9.86. The molecule has 0 saturated carbocycles. The Labute approximate surface area is 40.6 Å². The predicted molar refractivity (Wildman–Crippen MR) is 24.1 cm³/mol. The van der Waals surface area contributed by atoms with E-state index >= 15 is 0 Å². The van der Waals surface area contributed by atoms with Gasteiger partial charge in [-0.25, -0.2) is 0 Å². The van der Waals surface area contributed by atoms with Crippen LogP contribution in [0.3, 0.4) is 0 Å². The topological polar surface area (TPSA) is 75.7 Å². The van der Waals surface area contributed by atoms with Gasteiger partial charge < -0.3 is 10.9 Å². The summed E-state index contributed by atoms with van der Waals surface area (Å²) in [5.41, 5.74) is 4.53. The molecule has 0 aromatic carbocycles. The molecule has 0 atom stereocenters. The fraction of sp³-hybridized carbons (Fsp3) is 0.333. The molecule has 7 heavy (non-hydrogen) atoms. The Bertz CT molecular complexity index is 108. The van der Waals surface area contributed by atoms with Crippen molar-refractivity contribution in [1.29, 1.82) is 0 Å². The van der Waals surface area contributed by atoms with Gasteiger partial charge in [-0.3, -0.25) is 4.79 Å². The third-order valence-corrected chi connectivity index (χ3v) is 0.507. The van der Waals surface area contributed by atoms with E-state index < -0.39 is 5.91 Å². The molecule has 40 valence electrons. The smallest absolute Gasteiger partial charge is 0.266 e. The molecule has 0 heterocycles. The second-order valence-electron chi connectivity index (χ2n) is 1.05. The van der Waals surface area contributed by atoms with Gasteiger partial charge in [0.1, 0.15) is 5.71 Å². The molecule has 4 nitrogen and oxygen atoms in total. The molecule has 0 aliphatic carbocycles. The summed E-state index contributed by atoms with van der Waals surface area (Å²) in [6, 6.07) is 0. The average molecular weight is 102 g/mol. The van der Waals surface area contributed by atoms with Gasteiger partial charge in [0.2, 0.25) is 0 Å². The summed E-state index contributed by atoms with van der Waals surface area (Å²) in [6.07, 6.45) is 0. The number of rotatable bonds is 1. The zero-order valence-corrected chi connectivity index (χ0v) is 3.88. The molecule has 0 aromatic heterocycles. The minimum atomic E-state index is -0.706. The van der Waals surface area contributed by atoms with Crippen LogP contribution in [0.4, 0.5) is 0 Å². The van der Waals surface area contributed by atoms with E-state index in [1.165, 1.54) is 6.92 Å². The highest BCUT2D eigenvalue weighted by Crippen LogP contribution is 1.67. The highest BCUT2D eigenvalue weighted by atomic mass is 16.4. The molecule has 0 unspecified atom stereocenters. The maximum Gasteiger partial charge on any atom is 0.266 e. The van der Waals surface area contributed by atoms with E-state index in [0.717, 1.165) is 0 Å². The molecular weight excluding hydrogens is 96.0 g/mol. The zero-order chi connectivity index (χ0) is 5.86. The second kappa shape index (κ2) is 2.17. The molecule has 0 aromatic rings. The lowest BCUT2D eigenvalue weighted by Crippen LogP contribution is -2.19. The van der Waals surface area contributed by atoms with Crippen LogP contribution in [0.5, 0.6) is 0 Å². The summed E-state index contributed by atoms with van der Waals surface area (Å²) in [6.45, 7) is 1.32. The van der Waals surface area contributed by atoms with Crippen LogP contribution in [0, 0.1) is 0 Å². The molecule has 0 aliphatic rings. The second-order valence-corrected chi connectivity index (χ2v) is 1.05. The Balaban J connectivity index is 3.82. The van der Waals surface area contributed by atoms with Crippen molar-refractivity contribution in [2.45, 2.75) is 6.92 Å². The van der Waals surface area contributed by atoms with Crippen molar-refractivity contribution in [1.82, 2.24) is 0 Å². The molecule has 0 fully saturated rings. The largest absolute Gasteiger partial charge is 0.410 e. The van der Waals surface area contributed by atoms with Crippen LogP contribution in [-0.2, 0) is 4.79 Å². The number of carbonyl (C=O) groups is 1. The maximum absolute atomic E-state index is 9.86. The molecule has 0 saturated heterocycles. The number of nitrogens with two attached hydrogens (primary N) is 1. The van der Waals surface area contributed by atoms with Gasteiger partial charge in [0.15, 0.2) is 0 Å². The highest BCUT2D eigenvalue weighted by Gasteiger charge is 1.95. The zero-order valence-electron chi connectivity index (χ0n) is 3.88. The number of carbonyl (C=O) groups excluding carboxylic acids is 1. The standard InChI is InChI=1S/C3H6N2O2/c1-2(5-7)3(4)6/h7H,1H3,(H2,4,6). The lowest BCUT2D eigenvalue weighted by atomic mass is 10.4. The SMILES string of the molecule is CC(=NO)C(N)=O. The van der Waals surface area contributed by atoms with Gasteiger partial charge in [-0.2, -0.15) is 0 Å². The van der Waals surface area contributed by atoms with Crippen LogP contribution >= 0.6 is 0 Å². The number of hydrogen-bond donors (Lipinski definition) is 2. The predicted octanol–water partition coefficient (Wildman–Crippen LogP) is -0.678. The molecule has 3 N–H and O–H groups in total. The van der Waals surface area contributed by atoms with E-state index in [1.54, 1.807) is 0 Å². The molecular formula is C3H6N2O2. The Morgan fingerprint density at radius 1 is 1.86 bits per heavy atom. The monoisotopic (exact) mass is 102 g/mol. The molecule has 0 radical (unpaired) electrons. The Morgan fingerprint density at radius 2 is 2.29 bits per heavy atom. The lowest BCUT2D eigenvalue weighted by molar-refractivity contribution is -0.112. The number of primary amides is 1. The van der Waals surface area contributed by atoms with Crippen LogP contribution < -0.4 is 5.73 Å². The average Bonchev–Trinajstić information content (AvgIpc) is 1.65. The van der Waals surface area contributed by atoms with Crippen LogP contribution in [0.15, 0.2) is 5.16 Å². The number of hydrogen-bond acceptors (Lipinski definition) is 3. The van der Waals surface area contributed by atoms with E-state index in [4.69, 9.17) is 5.21 Å². The van der Waals surface area contributed by atoms with Crippen molar-refractivity contribution in [2.75, 3.05) is 0 Å². The van der Waals surface area contributed by atoms with Gasteiger partial charge in [0, 0.05) is 0 Å². The van der Waals surface area contributed by atoms with Crippen LogP contribution in [-0.4, -0.2) is 16.8 Å². The Kier molecular flexibility index (Phi) is 1.84. The van der Waals surface area contributed by atoms with Gasteiger partial charge in [0.05, 0.1) is 0 Å². The molecule has 0 aliphatic heterocycles. The third-order valence-electron chi connectivity index (χ3n) is 0.507. The van der Waals surface area contributed by atoms with Gasteiger partial charge in [-0.1, -0.05) is 5.16 Å². The van der Waals surface area contributed by atoms with E-state index in [0.29, 0.717) is 0 Å². The fourth-order valence-corrected chi connectivity index (χ4v) is 0.0493. The van der Waals surface area contributed by atoms with Crippen molar-refractivity contribution in [3.8, 4) is 0 Å². The minimum absolute atomic E-state index is 0.0833. The first-order valence-electron chi connectivity index (χ1n) is 1.67. The van der Waals surface area contributed by atoms with Crippen LogP contribution in [0.25, 0.3) is 0 Å². The van der Waals surface area contributed by atoms with Crippen LogP contribution in [0.1, 0.15) is 6.92 Å². The van der Waals surface area contributed by atoms with Crippen LogP contribution in [0.2, 0.25) is 0 Å². The number of nitrogens with zero attached hydrogens (tertiary/aromatic N) is 1. The Hall–Kier alpha value is -1.06. The Morgan fingerprint density at radius 3 is 2.29 bits per heavy atom. The van der Waals surface area contributed by atoms with Gasteiger partial charge in [-0.05, 0) is 6.92 Å². The third kappa shape index (κ3) is 1.75. The summed E-state index contributed by atoms with van der Waals surface area (Å²) in [5.74, 6) is -0.706. The normalized spacial score (nSPS) is 11.3. The maximum atomic E-state index is 9.86. The first-order valence-corrected chi connectivity index (χ1v) is 1.67. The highest BCUT2D eigenvalue weighted by molar-refractivity contribution is 6.37. The summed E-state index contributed by atoms with van der Waals surface area (Å²) < 4.78 is 0.